The monoisotopic (exact) mass is 610 g/mol. The third-order valence-electron chi connectivity index (χ3n) is 11.8. The first-order valence-corrected chi connectivity index (χ1v) is 16.4. The number of aryl methyl sites for hydroxylation is 1. The topological polar surface area (TPSA) is 107 Å². The van der Waals surface area contributed by atoms with E-state index in [1.54, 1.807) is 18.2 Å². The van der Waals surface area contributed by atoms with Crippen molar-refractivity contribution in [2.24, 2.45) is 28.6 Å². The predicted octanol–water partition coefficient (Wildman–Crippen LogP) is 6.96. The van der Waals surface area contributed by atoms with Crippen LogP contribution in [0, 0.1) is 28.6 Å². The molecular weight excluding hydrogens is 564 g/mol. The molecule has 0 amide bonds. The number of aliphatic hydroxyl groups is 2. The predicted molar refractivity (Wildman–Crippen MR) is 175 cm³/mol. The molecule has 0 heterocycles. The summed E-state index contributed by atoms with van der Waals surface area (Å²) in [5.41, 5.74) is 3.71. The fraction of sp³-hybridized carbons (Fsp3) is 0.462. The molecule has 3 aliphatic carbocycles. The maximum atomic E-state index is 14.6. The van der Waals surface area contributed by atoms with Gasteiger partial charge in [-0.15, -0.1) is 0 Å². The van der Waals surface area contributed by atoms with E-state index < -0.39 is 22.5 Å². The van der Waals surface area contributed by atoms with Gasteiger partial charge in [-0.05, 0) is 83.5 Å². The van der Waals surface area contributed by atoms with E-state index in [2.05, 4.69) is 19.6 Å². The lowest BCUT2D eigenvalue weighted by molar-refractivity contribution is -0.259. The second kappa shape index (κ2) is 12.1. The Morgan fingerprint density at radius 3 is 2.33 bits per heavy atom. The first-order chi connectivity index (χ1) is 21.6. The number of benzene rings is 3. The number of carbonyl (C=O) groups excluding carboxylic acids is 1. The van der Waals surface area contributed by atoms with Crippen LogP contribution >= 0.6 is 0 Å². The van der Waals surface area contributed by atoms with Gasteiger partial charge in [0.15, 0.2) is 5.79 Å². The van der Waals surface area contributed by atoms with Crippen LogP contribution in [-0.2, 0) is 22.4 Å². The highest BCUT2D eigenvalue weighted by molar-refractivity contribution is 5.90. The molecule has 4 N–H and O–H groups in total. The number of ether oxygens (including phenoxy) is 1. The van der Waals surface area contributed by atoms with Crippen LogP contribution in [0.5, 0.6) is 11.5 Å². The van der Waals surface area contributed by atoms with Crippen molar-refractivity contribution in [3.8, 4) is 22.6 Å². The molecule has 3 saturated carbocycles. The molecule has 3 aromatic carbocycles. The Labute approximate surface area is 266 Å². The minimum absolute atomic E-state index is 0.0128. The molecule has 5 atom stereocenters. The lowest BCUT2D eigenvalue weighted by Gasteiger charge is -2.53. The molecule has 45 heavy (non-hydrogen) atoms. The van der Waals surface area contributed by atoms with Crippen molar-refractivity contribution in [2.45, 2.75) is 70.5 Å². The number of ketones is 1. The number of aliphatic hydroxyl groups excluding tert-OH is 1. The van der Waals surface area contributed by atoms with E-state index in [9.17, 15) is 25.2 Å². The summed E-state index contributed by atoms with van der Waals surface area (Å²) in [7, 11) is 1.49. The normalized spacial score (nSPS) is 29.7. The van der Waals surface area contributed by atoms with Gasteiger partial charge < -0.3 is 25.2 Å². The summed E-state index contributed by atoms with van der Waals surface area (Å²) in [5.74, 6) is -1.79. The van der Waals surface area contributed by atoms with E-state index in [1.165, 1.54) is 13.5 Å². The Balaban J connectivity index is 1.24. The minimum Gasteiger partial charge on any atom is -0.508 e. The average molecular weight is 611 g/mol. The van der Waals surface area contributed by atoms with Crippen LogP contribution in [0.15, 0.2) is 78.9 Å². The maximum absolute atomic E-state index is 14.6. The number of fused-ring (bicyclic) bond motifs is 2. The van der Waals surface area contributed by atoms with Gasteiger partial charge in [-0.25, -0.2) is 0 Å². The van der Waals surface area contributed by atoms with Crippen LogP contribution < -0.4 is 0 Å². The summed E-state index contributed by atoms with van der Waals surface area (Å²) in [5, 5.41) is 43.0. The number of rotatable bonds is 10. The van der Waals surface area contributed by atoms with Crippen molar-refractivity contribution in [3.05, 3.63) is 95.6 Å². The van der Waals surface area contributed by atoms with Crippen molar-refractivity contribution in [3.63, 3.8) is 0 Å². The highest BCUT2D eigenvalue weighted by Crippen LogP contribution is 2.76. The molecule has 3 fully saturated rings. The summed E-state index contributed by atoms with van der Waals surface area (Å²) in [6.45, 7) is 6.52. The fourth-order valence-electron chi connectivity index (χ4n) is 9.41. The molecule has 3 aromatic rings. The maximum Gasteiger partial charge on any atom is 0.185 e. The number of phenols is 2. The zero-order valence-corrected chi connectivity index (χ0v) is 26.5. The number of carbonyl (C=O) groups is 1. The molecule has 0 saturated heterocycles. The van der Waals surface area contributed by atoms with Crippen LogP contribution in [0.25, 0.3) is 11.1 Å². The van der Waals surface area contributed by atoms with Crippen molar-refractivity contribution >= 4 is 5.78 Å². The molecule has 0 radical (unpaired) electrons. The second-order valence-electron chi connectivity index (χ2n) is 13.8. The summed E-state index contributed by atoms with van der Waals surface area (Å²) in [4.78, 5) is 14.6. The van der Waals surface area contributed by atoms with Gasteiger partial charge in [0.1, 0.15) is 17.3 Å². The van der Waals surface area contributed by atoms with Crippen LogP contribution in [0.1, 0.15) is 68.6 Å². The van der Waals surface area contributed by atoms with E-state index in [0.717, 1.165) is 59.1 Å². The number of Topliss-reactive ketones (excluding diaryl/α,β-unsaturated/α-hetero) is 1. The van der Waals surface area contributed by atoms with Crippen LogP contribution in [0.2, 0.25) is 0 Å². The molecule has 6 nitrogen and oxygen atoms in total. The first-order valence-electron chi connectivity index (χ1n) is 16.4. The summed E-state index contributed by atoms with van der Waals surface area (Å²) in [6.07, 6.45) is 7.11. The van der Waals surface area contributed by atoms with Gasteiger partial charge in [0.05, 0.1) is 5.41 Å². The Bertz CT molecular complexity index is 1570. The molecule has 0 aliphatic heterocycles. The molecule has 6 heteroatoms. The Morgan fingerprint density at radius 1 is 0.956 bits per heavy atom. The number of hydrogen-bond donors (Lipinski definition) is 4. The van der Waals surface area contributed by atoms with Gasteiger partial charge in [0, 0.05) is 37.9 Å². The second-order valence-corrected chi connectivity index (χ2v) is 13.8. The molecule has 238 valence electrons. The lowest BCUT2D eigenvalue weighted by Crippen LogP contribution is -2.58. The van der Waals surface area contributed by atoms with Crippen molar-refractivity contribution in [1.29, 1.82) is 0 Å². The Kier molecular flexibility index (Phi) is 8.44. The number of phenolic OH excluding ortho intramolecular Hbond substituents is 2. The third-order valence-corrected chi connectivity index (χ3v) is 11.8. The van der Waals surface area contributed by atoms with Crippen molar-refractivity contribution in [1.82, 2.24) is 0 Å². The summed E-state index contributed by atoms with van der Waals surface area (Å²) >= 11 is 0. The largest absolute Gasteiger partial charge is 0.508 e. The standard InChI is InChI=1S/C39H46O6/c1-25-36-31(24-40)23-38(39(36,44)45-3,37(25,2)32-10-5-4-6-11-32)35(43)19-14-26-8-7-9-28(20-26)29-15-16-30(34(42)22-29)21-27-12-17-33(41)18-13-27/h7-9,12-13,15-18,20,22,31-32,36,40-42,44H,1,4-6,10-11,14,19,21,23-24H2,2-3H3/t31-,36-,37-,38+,39+/m0/s1. The third kappa shape index (κ3) is 4.93. The zero-order chi connectivity index (χ0) is 32.0. The Morgan fingerprint density at radius 2 is 1.67 bits per heavy atom. The van der Waals surface area contributed by atoms with Gasteiger partial charge in [0.2, 0.25) is 0 Å². The van der Waals surface area contributed by atoms with E-state index >= 15 is 0 Å². The van der Waals surface area contributed by atoms with E-state index in [0.29, 0.717) is 19.3 Å². The van der Waals surface area contributed by atoms with E-state index in [-0.39, 0.29) is 42.1 Å². The van der Waals surface area contributed by atoms with Gasteiger partial charge in [-0.1, -0.05) is 86.9 Å². The average Bonchev–Trinajstić information content (AvgIpc) is 3.42. The van der Waals surface area contributed by atoms with Gasteiger partial charge in [-0.2, -0.15) is 0 Å². The fourth-order valence-corrected chi connectivity index (χ4v) is 9.41. The molecule has 0 unspecified atom stereocenters. The Hall–Kier alpha value is -3.45. The van der Waals surface area contributed by atoms with E-state index in [4.69, 9.17) is 4.74 Å². The molecule has 0 spiro atoms. The number of hydrogen-bond acceptors (Lipinski definition) is 6. The molecule has 2 bridgehead atoms. The van der Waals surface area contributed by atoms with Gasteiger partial charge >= 0.3 is 0 Å². The summed E-state index contributed by atoms with van der Waals surface area (Å²) < 4.78 is 5.92. The zero-order valence-electron chi connectivity index (χ0n) is 26.5. The van der Waals surface area contributed by atoms with Crippen LogP contribution in [0.3, 0.4) is 0 Å². The van der Waals surface area contributed by atoms with Gasteiger partial charge in [0.25, 0.3) is 0 Å². The summed E-state index contributed by atoms with van der Waals surface area (Å²) in [6, 6.07) is 20.7. The quantitative estimate of drug-likeness (QED) is 0.146. The van der Waals surface area contributed by atoms with E-state index in [1.807, 2.05) is 42.5 Å². The first kappa shape index (κ1) is 31.5. The lowest BCUT2D eigenvalue weighted by atomic mass is 9.50. The SMILES string of the molecule is C=C1[C@H]2[C@H](CO)C[C@@](C(=O)CCc3cccc(-c4ccc(Cc5ccc(O)cc5)c(O)c4)c3)([C@]1(C)C1CCCCC1)[C@]2(O)OC. The van der Waals surface area contributed by atoms with Crippen LogP contribution in [0.4, 0.5) is 0 Å². The molecule has 6 rings (SSSR count). The smallest absolute Gasteiger partial charge is 0.185 e. The van der Waals surface area contributed by atoms with Gasteiger partial charge in [-0.3, -0.25) is 4.79 Å². The van der Waals surface area contributed by atoms with Crippen molar-refractivity contribution < 1.29 is 30.0 Å². The van der Waals surface area contributed by atoms with Crippen molar-refractivity contribution in [2.75, 3.05) is 13.7 Å². The molecule has 0 aromatic heterocycles. The van der Waals surface area contributed by atoms with Crippen LogP contribution in [-0.4, -0.2) is 45.7 Å². The highest BCUT2D eigenvalue weighted by Gasteiger charge is 2.81. The highest BCUT2D eigenvalue weighted by atomic mass is 16.6. The molecule has 3 aliphatic rings. The number of aromatic hydroxyl groups is 2. The number of methoxy groups -OCH3 is 1. The molecular formula is C39H46O6. The minimum atomic E-state index is -1.69.